The molecule has 0 saturated carbocycles. The fourth-order valence-electron chi connectivity index (χ4n) is 3.26. The second kappa shape index (κ2) is 7.06. The lowest BCUT2D eigenvalue weighted by molar-refractivity contribution is -0.190. The van der Waals surface area contributed by atoms with E-state index in [0.717, 1.165) is 6.07 Å². The van der Waals surface area contributed by atoms with Crippen molar-refractivity contribution in [3.05, 3.63) is 70.5 Å². The van der Waals surface area contributed by atoms with Crippen LogP contribution in [0.4, 0.5) is 22.4 Å². The lowest BCUT2D eigenvalue weighted by Gasteiger charge is -2.45. The number of nitrogens with one attached hydrogen (secondary N) is 2. The van der Waals surface area contributed by atoms with Gasteiger partial charge in [0.2, 0.25) is 5.78 Å². The number of urea groups is 1. The van der Waals surface area contributed by atoms with Gasteiger partial charge in [0.1, 0.15) is 11.7 Å². The average Bonchev–Trinajstić information content (AvgIpc) is 2.61. The molecule has 3 atom stereocenters. The molecule has 0 aliphatic carbocycles. The molecule has 0 radical (unpaired) electrons. The van der Waals surface area contributed by atoms with E-state index in [1.807, 2.05) is 5.32 Å². The molecule has 1 aliphatic rings. The van der Waals surface area contributed by atoms with Crippen molar-refractivity contribution in [2.45, 2.75) is 17.9 Å². The summed E-state index contributed by atoms with van der Waals surface area (Å²) in [6.07, 6.45) is -5.37. The molecule has 3 rings (SSSR count). The second-order valence-electron chi connectivity index (χ2n) is 6.18. The molecule has 2 amide bonds. The van der Waals surface area contributed by atoms with Crippen LogP contribution in [0.2, 0.25) is 5.02 Å². The third-order valence-electron chi connectivity index (χ3n) is 4.46. The molecule has 1 fully saturated rings. The van der Waals surface area contributed by atoms with Crippen LogP contribution in [0.25, 0.3) is 0 Å². The van der Waals surface area contributed by atoms with Crippen molar-refractivity contribution >= 4 is 23.4 Å². The van der Waals surface area contributed by atoms with Crippen LogP contribution in [-0.2, 0) is 10.5 Å². The molecule has 2 aromatic rings. The number of amides is 2. The Bertz CT molecular complexity index is 903. The van der Waals surface area contributed by atoms with E-state index in [2.05, 4.69) is 5.32 Å². The number of hydrogen-bond acceptors (Lipinski definition) is 3. The molecule has 28 heavy (non-hydrogen) atoms. The highest BCUT2D eigenvalue weighted by Gasteiger charge is 2.59. The molecule has 3 N–H and O–H groups in total. The Morgan fingerprint density at radius 1 is 1.11 bits per heavy atom. The van der Waals surface area contributed by atoms with E-state index in [-0.39, 0.29) is 10.6 Å². The summed E-state index contributed by atoms with van der Waals surface area (Å²) in [6, 6.07) is 7.18. The van der Waals surface area contributed by atoms with Gasteiger partial charge in [0, 0.05) is 16.1 Å². The molecule has 0 aromatic heterocycles. The third kappa shape index (κ3) is 3.43. The Morgan fingerprint density at radius 3 is 2.32 bits per heavy atom. The summed E-state index contributed by atoms with van der Waals surface area (Å²) in [4.78, 5) is 24.4. The number of carbonyl (C=O) groups excluding carboxylic acids is 2. The normalized spacial score (nSPS) is 25.0. The van der Waals surface area contributed by atoms with Crippen molar-refractivity contribution in [3.8, 4) is 0 Å². The maximum Gasteiger partial charge on any atom is 0.450 e. The lowest BCUT2D eigenvalue weighted by atomic mass is 9.76. The SMILES string of the molecule is O=C1N[C@H](c2c(F)cccc2Cl)[C@H](C(=O)C(F)(F)F)[C@@](O)(c2ccccc2)N1. The summed E-state index contributed by atoms with van der Waals surface area (Å²) < 4.78 is 54.5. The van der Waals surface area contributed by atoms with Gasteiger partial charge in [0.05, 0.1) is 6.04 Å². The Labute approximate surface area is 161 Å². The number of ketones is 1. The maximum absolute atomic E-state index is 14.4. The Balaban J connectivity index is 2.26. The Kier molecular flexibility index (Phi) is 5.07. The molecule has 0 spiro atoms. The summed E-state index contributed by atoms with van der Waals surface area (Å²) in [7, 11) is 0. The number of Topliss-reactive ketones (excluding diaryl/α,β-unsaturated/α-hetero) is 1. The van der Waals surface area contributed by atoms with Crippen LogP contribution in [0, 0.1) is 11.7 Å². The predicted molar refractivity (Wildman–Crippen MR) is 90.7 cm³/mol. The topological polar surface area (TPSA) is 78.4 Å². The molecule has 1 saturated heterocycles. The van der Waals surface area contributed by atoms with Crippen molar-refractivity contribution in [1.82, 2.24) is 10.6 Å². The number of carbonyl (C=O) groups is 2. The fraction of sp³-hybridized carbons (Fsp3) is 0.222. The van der Waals surface area contributed by atoms with Crippen LogP contribution in [0.15, 0.2) is 48.5 Å². The zero-order chi connectivity index (χ0) is 20.7. The summed E-state index contributed by atoms with van der Waals surface area (Å²) >= 11 is 5.95. The zero-order valence-corrected chi connectivity index (χ0v) is 14.7. The van der Waals surface area contributed by atoms with Crippen LogP contribution in [-0.4, -0.2) is 23.1 Å². The van der Waals surface area contributed by atoms with Gasteiger partial charge in [0.25, 0.3) is 0 Å². The van der Waals surface area contributed by atoms with Gasteiger partial charge in [-0.2, -0.15) is 13.2 Å². The van der Waals surface area contributed by atoms with Gasteiger partial charge in [-0.25, -0.2) is 9.18 Å². The number of aliphatic hydroxyl groups is 1. The molecule has 1 aliphatic heterocycles. The largest absolute Gasteiger partial charge is 0.450 e. The number of hydrogen-bond donors (Lipinski definition) is 3. The number of benzene rings is 2. The van der Waals surface area contributed by atoms with Gasteiger partial charge < -0.3 is 15.7 Å². The molecular weight excluding hydrogens is 404 g/mol. The van der Waals surface area contributed by atoms with E-state index in [0.29, 0.717) is 0 Å². The van der Waals surface area contributed by atoms with Crippen molar-refractivity contribution in [2.24, 2.45) is 5.92 Å². The molecule has 2 aromatic carbocycles. The van der Waals surface area contributed by atoms with Gasteiger partial charge in [-0.05, 0) is 12.1 Å². The molecule has 10 heteroatoms. The summed E-state index contributed by atoms with van der Waals surface area (Å²) in [5.74, 6) is -5.73. The molecular formula is C18H13ClF4N2O3. The number of halogens is 5. The quantitative estimate of drug-likeness (QED) is 0.671. The highest BCUT2D eigenvalue weighted by Crippen LogP contribution is 2.44. The maximum atomic E-state index is 14.4. The summed E-state index contributed by atoms with van der Waals surface area (Å²) in [5, 5.41) is 14.8. The van der Waals surface area contributed by atoms with Crippen LogP contribution in [0.5, 0.6) is 0 Å². The first-order chi connectivity index (χ1) is 13.1. The molecule has 0 bridgehead atoms. The summed E-state index contributed by atoms with van der Waals surface area (Å²) in [6.45, 7) is 0. The van der Waals surface area contributed by atoms with Gasteiger partial charge in [-0.15, -0.1) is 0 Å². The molecule has 0 unspecified atom stereocenters. The van der Waals surface area contributed by atoms with E-state index < -0.39 is 47.1 Å². The zero-order valence-electron chi connectivity index (χ0n) is 13.9. The third-order valence-corrected chi connectivity index (χ3v) is 4.79. The van der Waals surface area contributed by atoms with Crippen LogP contribution in [0.1, 0.15) is 17.2 Å². The van der Waals surface area contributed by atoms with E-state index >= 15 is 0 Å². The minimum absolute atomic E-state index is 0.176. The second-order valence-corrected chi connectivity index (χ2v) is 6.59. The highest BCUT2D eigenvalue weighted by molar-refractivity contribution is 6.31. The van der Waals surface area contributed by atoms with Crippen molar-refractivity contribution in [2.75, 3.05) is 0 Å². The first-order valence-electron chi connectivity index (χ1n) is 7.97. The smallest absolute Gasteiger partial charge is 0.366 e. The molecule has 1 heterocycles. The predicted octanol–water partition coefficient (Wildman–Crippen LogP) is 3.43. The van der Waals surface area contributed by atoms with Crippen LogP contribution in [0.3, 0.4) is 0 Å². The first kappa shape index (κ1) is 20.1. The standard InChI is InChI=1S/C18H13ClF4N2O3/c19-10-7-4-8-11(20)12(10)14-13(15(26)18(21,22)23)17(28,25-16(27)24-14)9-5-2-1-3-6-9/h1-8,13-14,28H,(H2,24,25,27)/t13-,14-,17+/m1/s1. The van der Waals surface area contributed by atoms with E-state index in [1.165, 1.54) is 42.5 Å². The van der Waals surface area contributed by atoms with Gasteiger partial charge in [0.15, 0.2) is 5.72 Å². The fourth-order valence-corrected chi connectivity index (χ4v) is 3.54. The lowest BCUT2D eigenvalue weighted by Crippen LogP contribution is -2.66. The monoisotopic (exact) mass is 416 g/mol. The van der Waals surface area contributed by atoms with E-state index in [9.17, 15) is 32.3 Å². The minimum atomic E-state index is -5.37. The van der Waals surface area contributed by atoms with Gasteiger partial charge in [-0.3, -0.25) is 4.79 Å². The van der Waals surface area contributed by atoms with Crippen molar-refractivity contribution in [1.29, 1.82) is 0 Å². The van der Waals surface area contributed by atoms with Crippen LogP contribution >= 0.6 is 11.6 Å². The molecule has 148 valence electrons. The van der Waals surface area contributed by atoms with Gasteiger partial charge >= 0.3 is 12.2 Å². The van der Waals surface area contributed by atoms with Gasteiger partial charge in [-0.1, -0.05) is 48.0 Å². The number of alkyl halides is 3. The van der Waals surface area contributed by atoms with E-state index in [4.69, 9.17) is 11.6 Å². The van der Waals surface area contributed by atoms with Crippen molar-refractivity contribution in [3.63, 3.8) is 0 Å². The average molecular weight is 417 g/mol. The van der Waals surface area contributed by atoms with Crippen LogP contribution < -0.4 is 10.6 Å². The minimum Gasteiger partial charge on any atom is -0.366 e. The Hall–Kier alpha value is -2.65. The molecule has 5 nitrogen and oxygen atoms in total. The van der Waals surface area contributed by atoms with E-state index in [1.54, 1.807) is 0 Å². The summed E-state index contributed by atoms with van der Waals surface area (Å²) in [5.41, 5.74) is -3.46. The number of rotatable bonds is 3. The van der Waals surface area contributed by atoms with Crippen molar-refractivity contribution < 1.29 is 32.3 Å². The highest BCUT2D eigenvalue weighted by atomic mass is 35.5. The Morgan fingerprint density at radius 2 is 1.75 bits per heavy atom. The first-order valence-corrected chi connectivity index (χ1v) is 8.35.